The van der Waals surface area contributed by atoms with Gasteiger partial charge in [0.15, 0.2) is 0 Å². The highest BCUT2D eigenvalue weighted by atomic mass is 16.5. The van der Waals surface area contributed by atoms with Gasteiger partial charge in [-0.3, -0.25) is 9.59 Å². The number of hydrogen-bond donors (Lipinski definition) is 2. The van der Waals surface area contributed by atoms with E-state index in [4.69, 9.17) is 10.5 Å². The topological polar surface area (TPSA) is 115 Å². The van der Waals surface area contributed by atoms with Crippen molar-refractivity contribution in [1.29, 1.82) is 0 Å². The zero-order valence-corrected chi connectivity index (χ0v) is 24.9. The largest absolute Gasteiger partial charge is 0.497 e. The van der Waals surface area contributed by atoms with E-state index in [1.54, 1.807) is 16.7 Å². The Hall–Kier alpha value is -4.24. The van der Waals surface area contributed by atoms with Gasteiger partial charge in [0.05, 0.1) is 18.7 Å². The van der Waals surface area contributed by atoms with Crippen LogP contribution in [0.3, 0.4) is 0 Å². The molecule has 3 aromatic carbocycles. The first-order chi connectivity index (χ1) is 20.9. The molecule has 2 amide bonds. The van der Waals surface area contributed by atoms with Crippen molar-refractivity contribution < 1.29 is 14.3 Å². The van der Waals surface area contributed by atoms with Crippen LogP contribution in [0, 0.1) is 5.92 Å². The van der Waals surface area contributed by atoms with Crippen molar-refractivity contribution in [3.63, 3.8) is 0 Å². The van der Waals surface area contributed by atoms with Crippen LogP contribution in [-0.2, 0) is 36.0 Å². The molecule has 2 aliphatic rings. The van der Waals surface area contributed by atoms with E-state index >= 15 is 0 Å². The van der Waals surface area contributed by atoms with Crippen LogP contribution >= 0.6 is 0 Å². The second kappa shape index (κ2) is 12.6. The second-order valence-electron chi connectivity index (χ2n) is 12.0. The van der Waals surface area contributed by atoms with Crippen LogP contribution < -0.4 is 15.8 Å². The lowest BCUT2D eigenvalue weighted by molar-refractivity contribution is -0.139. The van der Waals surface area contributed by atoms with Crippen molar-refractivity contribution in [2.75, 3.05) is 13.7 Å². The Morgan fingerprint density at radius 3 is 2.70 bits per heavy atom. The summed E-state index contributed by atoms with van der Waals surface area (Å²) < 4.78 is 7.03. The molecule has 1 aromatic heterocycles. The number of nitrogens with zero attached hydrogens (tertiary/aromatic N) is 4. The first-order valence-corrected chi connectivity index (χ1v) is 15.2. The van der Waals surface area contributed by atoms with Crippen LogP contribution in [0.4, 0.5) is 0 Å². The van der Waals surface area contributed by atoms with Gasteiger partial charge in [0.25, 0.3) is 0 Å². The molecule has 1 saturated heterocycles. The number of carbonyl (C=O) groups is 2. The van der Waals surface area contributed by atoms with E-state index in [2.05, 4.69) is 39.9 Å². The summed E-state index contributed by atoms with van der Waals surface area (Å²) >= 11 is 0. The maximum absolute atomic E-state index is 13.9. The zero-order chi connectivity index (χ0) is 29.9. The molecule has 3 N–H and O–H groups in total. The Labute approximate surface area is 252 Å². The number of amides is 2. The molecule has 4 aromatic rings. The van der Waals surface area contributed by atoms with E-state index in [1.165, 1.54) is 11.1 Å². The van der Waals surface area contributed by atoms with Gasteiger partial charge in [0.2, 0.25) is 11.8 Å². The summed E-state index contributed by atoms with van der Waals surface area (Å²) in [5.41, 5.74) is 13.1. The van der Waals surface area contributed by atoms with Gasteiger partial charge >= 0.3 is 0 Å². The smallest absolute Gasteiger partial charge is 0.243 e. The molecule has 9 heteroatoms. The van der Waals surface area contributed by atoms with Crippen molar-refractivity contribution >= 4 is 22.8 Å². The number of hydrogen-bond acceptors (Lipinski definition) is 6. The number of aryl methyl sites for hydroxylation is 2. The van der Waals surface area contributed by atoms with Gasteiger partial charge in [-0.1, -0.05) is 47.7 Å². The molecular formula is C34H40N6O3. The van der Waals surface area contributed by atoms with Gasteiger partial charge in [0.1, 0.15) is 17.3 Å². The standard InChI is InChI=1S/C34H40N6O3/c1-39-31-15-12-23(17-30(31)37-38-39)20-36-33(41)32-18-24(16-22-10-13-27(43-2)14-11-22)21-40(32)34(42)29(35)19-26-8-5-7-25-6-3-4-9-28(25)26/h3-4,6,9-15,17,24,26,29,32H,5,7-8,16,18-21,35H2,1-2H3,(H,36,41)/t24-,26?,29-,32+/m1/s1. The number of carbonyl (C=O) groups excluding carboxylic acids is 2. The molecule has 6 rings (SSSR count). The molecule has 0 spiro atoms. The van der Waals surface area contributed by atoms with Crippen LogP contribution in [0.15, 0.2) is 66.7 Å². The van der Waals surface area contributed by atoms with Crippen LogP contribution in [-0.4, -0.2) is 57.4 Å². The van der Waals surface area contributed by atoms with E-state index in [1.807, 2.05) is 49.5 Å². The fourth-order valence-electron chi connectivity index (χ4n) is 6.88. The van der Waals surface area contributed by atoms with Gasteiger partial charge < -0.3 is 20.7 Å². The predicted molar refractivity (Wildman–Crippen MR) is 165 cm³/mol. The van der Waals surface area contributed by atoms with Crippen molar-refractivity contribution in [1.82, 2.24) is 25.2 Å². The number of methoxy groups -OCH3 is 1. The summed E-state index contributed by atoms with van der Waals surface area (Å²) in [4.78, 5) is 29.3. The first kappa shape index (κ1) is 28.9. The molecule has 1 aliphatic heterocycles. The molecule has 0 saturated carbocycles. The number of fused-ring (bicyclic) bond motifs is 2. The lowest BCUT2D eigenvalue weighted by Gasteiger charge is -2.31. The second-order valence-corrected chi connectivity index (χ2v) is 12.0. The maximum atomic E-state index is 13.9. The van der Waals surface area contributed by atoms with Crippen LogP contribution in [0.2, 0.25) is 0 Å². The summed E-state index contributed by atoms with van der Waals surface area (Å²) in [6, 6.07) is 21.1. The van der Waals surface area contributed by atoms with E-state index in [0.717, 1.165) is 53.6 Å². The van der Waals surface area contributed by atoms with Crippen LogP contribution in [0.25, 0.3) is 11.0 Å². The summed E-state index contributed by atoms with van der Waals surface area (Å²) in [6.45, 7) is 0.849. The Morgan fingerprint density at radius 1 is 1.09 bits per heavy atom. The van der Waals surface area contributed by atoms with Gasteiger partial charge in [-0.05, 0) is 96.9 Å². The highest BCUT2D eigenvalue weighted by Gasteiger charge is 2.41. The summed E-state index contributed by atoms with van der Waals surface area (Å²) in [5, 5.41) is 11.3. The molecule has 1 fully saturated rings. The zero-order valence-electron chi connectivity index (χ0n) is 24.9. The number of nitrogens with two attached hydrogens (primary N) is 1. The van der Waals surface area contributed by atoms with Gasteiger partial charge in [0, 0.05) is 20.1 Å². The highest BCUT2D eigenvalue weighted by Crippen LogP contribution is 2.35. The quantitative estimate of drug-likeness (QED) is 0.310. The molecule has 224 valence electrons. The van der Waals surface area contributed by atoms with Crippen molar-refractivity contribution in [2.45, 2.75) is 63.1 Å². The third-order valence-electron chi connectivity index (χ3n) is 9.15. The fourth-order valence-corrected chi connectivity index (χ4v) is 6.88. The van der Waals surface area contributed by atoms with E-state index in [9.17, 15) is 9.59 Å². The Bertz CT molecular complexity index is 1600. The highest BCUT2D eigenvalue weighted by molar-refractivity contribution is 5.90. The summed E-state index contributed by atoms with van der Waals surface area (Å²) in [6.07, 6.45) is 5.14. The summed E-state index contributed by atoms with van der Waals surface area (Å²) in [5.74, 6) is 0.914. The van der Waals surface area contributed by atoms with Crippen molar-refractivity contribution in [3.8, 4) is 5.75 Å². The molecular weight excluding hydrogens is 540 g/mol. The number of rotatable bonds is 9. The van der Waals surface area contributed by atoms with Crippen molar-refractivity contribution in [2.24, 2.45) is 18.7 Å². The minimum absolute atomic E-state index is 0.138. The van der Waals surface area contributed by atoms with E-state index in [-0.39, 0.29) is 23.7 Å². The minimum Gasteiger partial charge on any atom is -0.497 e. The number of ether oxygens (including phenoxy) is 1. The number of nitrogens with one attached hydrogen (secondary N) is 1. The average molecular weight is 581 g/mol. The lowest BCUT2D eigenvalue weighted by atomic mass is 9.79. The molecule has 2 heterocycles. The molecule has 0 bridgehead atoms. The van der Waals surface area contributed by atoms with Crippen LogP contribution in [0.1, 0.15) is 53.9 Å². The monoisotopic (exact) mass is 580 g/mol. The Kier molecular flexibility index (Phi) is 8.42. The third kappa shape index (κ3) is 6.27. The van der Waals surface area contributed by atoms with Gasteiger partial charge in [-0.25, -0.2) is 4.68 Å². The van der Waals surface area contributed by atoms with Gasteiger partial charge in [-0.2, -0.15) is 0 Å². The first-order valence-electron chi connectivity index (χ1n) is 15.2. The predicted octanol–water partition coefficient (Wildman–Crippen LogP) is 3.89. The number of likely N-dealkylation sites (tertiary alicyclic amines) is 1. The number of aromatic nitrogens is 3. The molecule has 1 aliphatic carbocycles. The Morgan fingerprint density at radius 2 is 1.88 bits per heavy atom. The Balaban J connectivity index is 1.17. The minimum atomic E-state index is -0.662. The van der Waals surface area contributed by atoms with Crippen molar-refractivity contribution in [3.05, 3.63) is 89.0 Å². The average Bonchev–Trinajstić information content (AvgIpc) is 3.63. The van der Waals surface area contributed by atoms with Crippen LogP contribution in [0.5, 0.6) is 5.75 Å². The van der Waals surface area contributed by atoms with E-state index in [0.29, 0.717) is 25.9 Å². The molecule has 9 nitrogen and oxygen atoms in total. The SMILES string of the molecule is COc1ccc(C[C@@H]2C[C@@H](C(=O)NCc3ccc4c(c3)nnn4C)N(C(=O)[C@H](N)CC3CCCc4ccccc43)C2)cc1. The third-order valence-corrected chi connectivity index (χ3v) is 9.15. The maximum Gasteiger partial charge on any atom is 0.243 e. The molecule has 43 heavy (non-hydrogen) atoms. The molecule has 4 atom stereocenters. The van der Waals surface area contributed by atoms with E-state index < -0.39 is 12.1 Å². The fraction of sp³-hybridized carbons (Fsp3) is 0.412. The normalized spacial score (nSPS) is 20.5. The lowest BCUT2D eigenvalue weighted by Crippen LogP contribution is -2.51. The van der Waals surface area contributed by atoms with Gasteiger partial charge in [-0.15, -0.1) is 5.10 Å². The number of benzene rings is 3. The molecule has 1 unspecified atom stereocenters. The molecule has 0 radical (unpaired) electrons. The summed E-state index contributed by atoms with van der Waals surface area (Å²) in [7, 11) is 3.50.